The van der Waals surface area contributed by atoms with Gasteiger partial charge in [-0.15, -0.1) is 0 Å². The number of rotatable bonds is 6. The molecular weight excluding hydrogens is 631 g/mol. The summed E-state index contributed by atoms with van der Waals surface area (Å²) in [6.45, 7) is 0. The summed E-state index contributed by atoms with van der Waals surface area (Å²) in [5, 5.41) is 6.96. The van der Waals surface area contributed by atoms with E-state index in [0.29, 0.717) is 0 Å². The van der Waals surface area contributed by atoms with Crippen molar-refractivity contribution < 1.29 is 4.42 Å². The van der Waals surface area contributed by atoms with Crippen molar-refractivity contribution in [3.63, 3.8) is 0 Å². The maximum Gasteiger partial charge on any atom is 0.143 e. The zero-order chi connectivity index (χ0) is 34.4. The van der Waals surface area contributed by atoms with E-state index in [1.165, 1.54) is 38.4 Å². The second kappa shape index (κ2) is 12.5. The molecule has 0 aliphatic carbocycles. The molecule has 0 radical (unpaired) electrons. The van der Waals surface area contributed by atoms with Crippen LogP contribution in [0.1, 0.15) is 0 Å². The summed E-state index contributed by atoms with van der Waals surface area (Å²) in [5.41, 5.74) is 12.1. The van der Waals surface area contributed by atoms with E-state index < -0.39 is 0 Å². The van der Waals surface area contributed by atoms with E-state index in [4.69, 9.17) is 4.42 Å². The highest BCUT2D eigenvalue weighted by atomic mass is 16.3. The Kier molecular flexibility index (Phi) is 7.18. The van der Waals surface area contributed by atoms with Crippen LogP contribution in [0.15, 0.2) is 205 Å². The average molecular weight is 664 g/mol. The van der Waals surface area contributed by atoms with Gasteiger partial charge < -0.3 is 9.32 Å². The van der Waals surface area contributed by atoms with Crippen LogP contribution in [-0.2, 0) is 0 Å². The summed E-state index contributed by atoms with van der Waals surface area (Å²) >= 11 is 0. The summed E-state index contributed by atoms with van der Waals surface area (Å²) in [4.78, 5) is 2.41. The van der Waals surface area contributed by atoms with Crippen molar-refractivity contribution >= 4 is 60.5 Å². The molecule has 10 aromatic rings. The third-order valence-corrected chi connectivity index (χ3v) is 10.3. The van der Waals surface area contributed by atoms with Crippen LogP contribution < -0.4 is 4.90 Å². The van der Waals surface area contributed by atoms with Gasteiger partial charge in [-0.05, 0) is 86.4 Å². The molecule has 9 aromatic carbocycles. The molecule has 0 atom stereocenters. The van der Waals surface area contributed by atoms with Crippen LogP contribution >= 0.6 is 0 Å². The Hall–Kier alpha value is -6.90. The highest BCUT2D eigenvalue weighted by Crippen LogP contribution is 2.48. The van der Waals surface area contributed by atoms with E-state index in [2.05, 4.69) is 205 Å². The molecule has 0 fully saturated rings. The lowest BCUT2D eigenvalue weighted by molar-refractivity contribution is 0.672. The van der Waals surface area contributed by atoms with Gasteiger partial charge >= 0.3 is 0 Å². The molecule has 0 bridgehead atoms. The number of hydrogen-bond donors (Lipinski definition) is 0. The Morgan fingerprint density at radius 3 is 1.75 bits per heavy atom. The minimum Gasteiger partial charge on any atom is -0.455 e. The molecule has 2 nitrogen and oxygen atoms in total. The standard InChI is InChI=1S/C50H33NO/c1-3-13-34(14-4-1)39-28-32-46(45(33-39)36-15-5-2-6-16-36)51(40-29-25-38(26-30-40)42-22-11-19-35-17-7-9-20-41(35)42)47-23-12-24-48-49(47)44-31-27-37-18-8-10-21-43(37)50(44)52-48/h1-33H. The zero-order valence-electron chi connectivity index (χ0n) is 28.4. The Labute approximate surface area is 302 Å². The molecule has 0 amide bonds. The second-order valence-electron chi connectivity index (χ2n) is 13.3. The predicted molar refractivity (Wildman–Crippen MR) is 220 cm³/mol. The van der Waals surface area contributed by atoms with Crippen molar-refractivity contribution in [2.45, 2.75) is 0 Å². The molecule has 10 rings (SSSR count). The van der Waals surface area contributed by atoms with Gasteiger partial charge in [0.1, 0.15) is 11.2 Å². The fourth-order valence-electron chi connectivity index (χ4n) is 7.79. The van der Waals surface area contributed by atoms with Crippen molar-refractivity contribution in [3.8, 4) is 33.4 Å². The van der Waals surface area contributed by atoms with Gasteiger partial charge in [0.25, 0.3) is 0 Å². The van der Waals surface area contributed by atoms with Crippen LogP contribution in [0.5, 0.6) is 0 Å². The van der Waals surface area contributed by atoms with Crippen LogP contribution in [0.4, 0.5) is 17.1 Å². The van der Waals surface area contributed by atoms with Gasteiger partial charge in [-0.3, -0.25) is 0 Å². The average Bonchev–Trinajstić information content (AvgIpc) is 3.62. The molecule has 0 saturated carbocycles. The van der Waals surface area contributed by atoms with Crippen molar-refractivity contribution in [3.05, 3.63) is 200 Å². The lowest BCUT2D eigenvalue weighted by Gasteiger charge is -2.29. The quantitative estimate of drug-likeness (QED) is 0.176. The number of anilines is 3. The molecule has 244 valence electrons. The summed E-state index contributed by atoms with van der Waals surface area (Å²) < 4.78 is 6.71. The van der Waals surface area contributed by atoms with E-state index in [1.807, 2.05) is 0 Å². The highest BCUT2D eigenvalue weighted by molar-refractivity contribution is 6.20. The Morgan fingerprint density at radius 2 is 0.962 bits per heavy atom. The van der Waals surface area contributed by atoms with E-state index >= 15 is 0 Å². The fraction of sp³-hybridized carbons (Fsp3) is 0. The third-order valence-electron chi connectivity index (χ3n) is 10.3. The van der Waals surface area contributed by atoms with Crippen molar-refractivity contribution in [2.24, 2.45) is 0 Å². The summed E-state index contributed by atoms with van der Waals surface area (Å²) in [7, 11) is 0. The van der Waals surface area contributed by atoms with Gasteiger partial charge in [0.05, 0.1) is 16.8 Å². The maximum atomic E-state index is 6.71. The zero-order valence-corrected chi connectivity index (χ0v) is 28.4. The fourth-order valence-corrected chi connectivity index (χ4v) is 7.79. The van der Waals surface area contributed by atoms with E-state index in [1.54, 1.807) is 0 Å². The normalized spacial score (nSPS) is 11.5. The maximum absolute atomic E-state index is 6.71. The summed E-state index contributed by atoms with van der Waals surface area (Å²) in [6.07, 6.45) is 0. The topological polar surface area (TPSA) is 16.4 Å². The molecule has 1 heterocycles. The molecule has 52 heavy (non-hydrogen) atoms. The number of hydrogen-bond acceptors (Lipinski definition) is 2. The van der Waals surface area contributed by atoms with Crippen molar-refractivity contribution in [2.75, 3.05) is 4.90 Å². The van der Waals surface area contributed by atoms with Gasteiger partial charge in [0.15, 0.2) is 0 Å². The Bertz CT molecular complexity index is 2880. The second-order valence-corrected chi connectivity index (χ2v) is 13.3. The van der Waals surface area contributed by atoms with E-state index in [0.717, 1.165) is 55.5 Å². The van der Waals surface area contributed by atoms with E-state index in [-0.39, 0.29) is 0 Å². The first-order chi connectivity index (χ1) is 25.8. The van der Waals surface area contributed by atoms with Gasteiger partial charge in [-0.25, -0.2) is 0 Å². The first kappa shape index (κ1) is 30.0. The smallest absolute Gasteiger partial charge is 0.143 e. The number of furan rings is 1. The van der Waals surface area contributed by atoms with Gasteiger partial charge in [0.2, 0.25) is 0 Å². The van der Waals surface area contributed by atoms with Gasteiger partial charge in [-0.1, -0.05) is 158 Å². The molecule has 0 unspecified atom stereocenters. The molecule has 0 spiro atoms. The predicted octanol–water partition coefficient (Wildman–Crippen LogP) is 14.4. The Balaban J connectivity index is 1.24. The van der Waals surface area contributed by atoms with Crippen LogP contribution in [-0.4, -0.2) is 0 Å². The number of benzene rings is 9. The lowest BCUT2D eigenvalue weighted by atomic mass is 9.95. The van der Waals surface area contributed by atoms with Crippen LogP contribution in [0, 0.1) is 0 Å². The molecule has 0 aliphatic rings. The molecule has 2 heteroatoms. The van der Waals surface area contributed by atoms with Crippen LogP contribution in [0.3, 0.4) is 0 Å². The minimum absolute atomic E-state index is 0.864. The Morgan fingerprint density at radius 1 is 0.346 bits per heavy atom. The SMILES string of the molecule is c1ccc(-c2ccc(N(c3ccc(-c4cccc5ccccc45)cc3)c3cccc4oc5c6ccccc6ccc5c34)c(-c3ccccc3)c2)cc1. The summed E-state index contributed by atoms with van der Waals surface area (Å²) in [5.74, 6) is 0. The molecule has 0 saturated heterocycles. The minimum atomic E-state index is 0.864. The molecule has 0 aliphatic heterocycles. The van der Waals surface area contributed by atoms with Crippen LogP contribution in [0.25, 0.3) is 76.9 Å². The third kappa shape index (κ3) is 5.04. The molecular formula is C50H33NO. The van der Waals surface area contributed by atoms with E-state index in [9.17, 15) is 0 Å². The first-order valence-electron chi connectivity index (χ1n) is 17.8. The number of fused-ring (bicyclic) bond motifs is 6. The largest absolute Gasteiger partial charge is 0.455 e. The van der Waals surface area contributed by atoms with Gasteiger partial charge in [-0.2, -0.15) is 0 Å². The monoisotopic (exact) mass is 663 g/mol. The lowest BCUT2D eigenvalue weighted by Crippen LogP contribution is -2.11. The molecule has 1 aromatic heterocycles. The van der Waals surface area contributed by atoms with Crippen molar-refractivity contribution in [1.29, 1.82) is 0 Å². The highest BCUT2D eigenvalue weighted by Gasteiger charge is 2.23. The van der Waals surface area contributed by atoms with Gasteiger partial charge in [0, 0.05) is 22.0 Å². The molecule has 0 N–H and O–H groups in total. The first-order valence-corrected chi connectivity index (χ1v) is 17.8. The van der Waals surface area contributed by atoms with Crippen molar-refractivity contribution in [1.82, 2.24) is 0 Å². The van der Waals surface area contributed by atoms with Crippen LogP contribution in [0.2, 0.25) is 0 Å². The summed E-state index contributed by atoms with van der Waals surface area (Å²) in [6, 6.07) is 71.7. The number of nitrogens with zero attached hydrogens (tertiary/aromatic N) is 1.